The maximum absolute atomic E-state index is 4.48. The van der Waals surface area contributed by atoms with Crippen molar-refractivity contribution in [2.45, 2.75) is 105 Å². The Labute approximate surface area is 374 Å². The van der Waals surface area contributed by atoms with Crippen molar-refractivity contribution in [2.24, 2.45) is 0 Å². The minimum absolute atomic E-state index is 0. The third kappa shape index (κ3) is 25.1. The fourth-order valence-corrected chi connectivity index (χ4v) is 4.15. The normalized spacial score (nSPS) is 9.26. The number of hydrogen-bond acceptors (Lipinski definition) is 4. The summed E-state index contributed by atoms with van der Waals surface area (Å²) < 4.78 is 0. The summed E-state index contributed by atoms with van der Waals surface area (Å²) in [7, 11) is 0. The van der Waals surface area contributed by atoms with Crippen molar-refractivity contribution < 1.29 is 134 Å². The molecule has 0 aliphatic heterocycles. The van der Waals surface area contributed by atoms with E-state index in [2.05, 4.69) is 152 Å². The van der Waals surface area contributed by atoms with E-state index < -0.39 is 0 Å². The average molecular weight is 1170 g/mol. The Hall–Kier alpha value is -1.25. The van der Waals surface area contributed by atoms with Crippen LogP contribution in [0.15, 0.2) is 73.3 Å². The first-order chi connectivity index (χ1) is 18.4. The van der Waals surface area contributed by atoms with Gasteiger partial charge in [0.15, 0.2) is 0 Å². The van der Waals surface area contributed by atoms with Crippen molar-refractivity contribution in [3.63, 3.8) is 0 Å². The summed E-state index contributed by atoms with van der Waals surface area (Å²) in [5, 5.41) is 0. The van der Waals surface area contributed by atoms with E-state index in [1.807, 2.05) is 24.8 Å². The van der Waals surface area contributed by atoms with E-state index in [0.717, 1.165) is 22.8 Å². The van der Waals surface area contributed by atoms with Gasteiger partial charge in [0.25, 0.3) is 0 Å². The Morgan fingerprint density at radius 1 is 0.296 bits per heavy atom. The number of aromatic nitrogens is 4. The van der Waals surface area contributed by atoms with Crippen LogP contribution in [0.4, 0.5) is 0 Å². The van der Waals surface area contributed by atoms with Gasteiger partial charge in [-0.1, -0.05) is 83.1 Å². The van der Waals surface area contributed by atoms with Crippen LogP contribution in [0.5, 0.6) is 0 Å². The summed E-state index contributed by atoms with van der Waals surface area (Å²) in [6, 6.07) is 16.9. The van der Waals surface area contributed by atoms with Crippen molar-refractivity contribution in [3.05, 3.63) is 95.6 Å². The largest absolute Gasteiger partial charge is 2.00 e. The molecular weight excluding hydrogens is 1120 g/mol. The summed E-state index contributed by atoms with van der Waals surface area (Å²) in [4.78, 5) is 17.9. The predicted octanol–water partition coefficient (Wildman–Crippen LogP) is 8.28. The molecule has 0 aromatic carbocycles. The Morgan fingerprint density at radius 2 is 0.426 bits per heavy atom. The number of hydrogen-bond donors (Lipinski definition) is 0. The Balaban J connectivity index is -0.0000000519. The molecule has 0 aliphatic rings. The molecule has 0 unspecified atom stereocenters. The van der Waals surface area contributed by atoms with Crippen molar-refractivity contribution in [1.82, 2.24) is 19.9 Å². The minimum Gasteiger partial charge on any atom is -2.00 e. The summed E-state index contributed by atoms with van der Waals surface area (Å²) in [6.07, 6.45) is 7.51. The quantitative estimate of drug-likeness (QED) is 0.191. The first-order valence-electron chi connectivity index (χ1n) is 14.2. The molecule has 0 atom stereocenters. The fraction of sp³-hybridized carbons (Fsp3) is 0.444. The molecule has 14 nitrogen and oxygen atoms in total. The number of pyridine rings is 4. The molecule has 0 amide bonds. The molecule has 54 heavy (non-hydrogen) atoms. The monoisotopic (exact) mass is 1170 g/mol. The number of rotatable bonds is 2. The van der Waals surface area contributed by atoms with Crippen LogP contribution in [0.3, 0.4) is 0 Å². The third-order valence-corrected chi connectivity index (χ3v) is 7.03. The summed E-state index contributed by atoms with van der Waals surface area (Å²) in [5.41, 5.74) is 9.42. The van der Waals surface area contributed by atoms with Gasteiger partial charge < -0.3 is 54.8 Å². The smallest absolute Gasteiger partial charge is 0.0889 e. The molecule has 2 radical (unpaired) electrons. The van der Waals surface area contributed by atoms with E-state index in [1.165, 1.54) is 22.3 Å². The summed E-state index contributed by atoms with van der Waals surface area (Å²) >= 11 is 0. The van der Waals surface area contributed by atoms with Gasteiger partial charge in [-0.25, -0.2) is 0 Å². The average Bonchev–Trinajstić information content (AvgIpc) is 2.87. The second-order valence-corrected chi connectivity index (χ2v) is 14.7. The zero-order chi connectivity index (χ0) is 29.9. The Morgan fingerprint density at radius 3 is 0.537 bits per heavy atom. The molecule has 4 heterocycles. The molecular formula is C36H48N4O10V2W2-20. The molecule has 0 fully saturated rings. The molecule has 0 spiro atoms. The van der Waals surface area contributed by atoms with Gasteiger partial charge >= 0.3 is 0 Å². The third-order valence-electron chi connectivity index (χ3n) is 7.03. The molecule has 0 aliphatic carbocycles. The summed E-state index contributed by atoms with van der Waals surface area (Å²) in [5.74, 6) is 0. The molecule has 4 aromatic rings. The van der Waals surface area contributed by atoms with Crippen molar-refractivity contribution in [3.8, 4) is 22.8 Å². The molecule has 0 saturated heterocycles. The van der Waals surface area contributed by atoms with Crippen LogP contribution in [0.25, 0.3) is 22.8 Å². The molecule has 0 saturated carbocycles. The number of nitrogens with zero attached hydrogens (tertiary/aromatic N) is 4. The topological polar surface area (TPSA) is 337 Å². The van der Waals surface area contributed by atoms with Crippen LogP contribution in [0.1, 0.15) is 105 Å². The van der Waals surface area contributed by atoms with Crippen molar-refractivity contribution in [2.75, 3.05) is 0 Å². The van der Waals surface area contributed by atoms with Crippen LogP contribution < -0.4 is 0 Å². The Kier molecular flexibility index (Phi) is 53.3. The van der Waals surface area contributed by atoms with E-state index in [0.29, 0.717) is 0 Å². The van der Waals surface area contributed by atoms with Gasteiger partial charge in [0.1, 0.15) is 0 Å². The first-order valence-corrected chi connectivity index (χ1v) is 14.2. The molecule has 4 aromatic heterocycles. The zero-order valence-electron chi connectivity index (χ0n) is 32.5. The van der Waals surface area contributed by atoms with E-state index in [-0.39, 0.29) is 156 Å². The minimum atomic E-state index is 0. The molecule has 0 N–H and O–H groups in total. The maximum atomic E-state index is 4.48. The standard InChI is InChI=1S/2C18H24N2.10O.2V.2W/c2*1-17(2,3)13-7-9-19-15(11-13)16-12-14(8-10-20-16)18(4,5)6;;;;;;;;;;;;;;/h2*7-12H,1-6H3;;;;;;;;;;;;;;/q;;10*-2;;;;. The van der Waals surface area contributed by atoms with Gasteiger partial charge in [0, 0.05) is 104 Å². The molecule has 0 bridgehead atoms. The molecule has 18 heteroatoms. The molecule has 314 valence electrons. The second-order valence-electron chi connectivity index (χ2n) is 14.7. The van der Waals surface area contributed by atoms with Crippen molar-refractivity contribution >= 4 is 0 Å². The van der Waals surface area contributed by atoms with Crippen LogP contribution in [0, 0.1) is 0 Å². The van der Waals surface area contributed by atoms with Crippen LogP contribution in [0.2, 0.25) is 0 Å². The van der Waals surface area contributed by atoms with E-state index >= 15 is 0 Å². The van der Waals surface area contributed by atoms with Gasteiger partial charge in [-0.3, -0.25) is 19.9 Å². The van der Waals surface area contributed by atoms with Gasteiger partial charge in [-0.05, 0) is 92.4 Å². The Bertz CT molecular complexity index is 1260. The van der Waals surface area contributed by atoms with Gasteiger partial charge in [0.2, 0.25) is 0 Å². The first kappa shape index (κ1) is 85.1. The second kappa shape index (κ2) is 33.8. The van der Waals surface area contributed by atoms with Gasteiger partial charge in [-0.2, -0.15) is 0 Å². The van der Waals surface area contributed by atoms with Crippen LogP contribution in [-0.4, -0.2) is 19.9 Å². The fourth-order valence-electron chi connectivity index (χ4n) is 4.15. The van der Waals surface area contributed by atoms with Gasteiger partial charge in [-0.15, -0.1) is 0 Å². The van der Waals surface area contributed by atoms with Crippen LogP contribution in [-0.2, 0) is 156 Å². The SMILES string of the molecule is CC(C)(C)c1ccnc(-c2cc(C(C)(C)C)ccn2)c1.CC(C)(C)c1ccnc(-c2cc(C(C)(C)C)ccn2)c1.[O-2].[O-2].[O-2].[O-2].[O-2].[O-2].[O-2].[O-2].[O-2].[O-2].[V].[V].[W].[W]. The maximum Gasteiger partial charge on any atom is 0.0889 e. The predicted molar refractivity (Wildman–Crippen MR) is 177 cm³/mol. The van der Waals surface area contributed by atoms with E-state index in [9.17, 15) is 0 Å². The zero-order valence-corrected chi connectivity index (χ0v) is 41.2. The van der Waals surface area contributed by atoms with E-state index in [1.54, 1.807) is 0 Å². The van der Waals surface area contributed by atoms with Crippen LogP contribution >= 0.6 is 0 Å². The molecule has 4 rings (SSSR count). The van der Waals surface area contributed by atoms with Crippen molar-refractivity contribution in [1.29, 1.82) is 0 Å². The van der Waals surface area contributed by atoms with Gasteiger partial charge in [0.05, 0.1) is 22.8 Å². The van der Waals surface area contributed by atoms with E-state index in [4.69, 9.17) is 0 Å². The summed E-state index contributed by atoms with van der Waals surface area (Å²) in [6.45, 7) is 26.6.